The first kappa shape index (κ1) is 17.8. The molecule has 3 aliphatic carbocycles. The zero-order chi connectivity index (χ0) is 20.1. The summed E-state index contributed by atoms with van der Waals surface area (Å²) in [7, 11) is 0. The smallest absolute Gasteiger partial charge is 0.236 e. The Bertz CT molecular complexity index is 1220. The van der Waals surface area contributed by atoms with Gasteiger partial charge in [-0.2, -0.15) is 9.61 Å². The van der Waals surface area contributed by atoms with Crippen LogP contribution in [0.5, 0.6) is 5.88 Å². The van der Waals surface area contributed by atoms with Crippen LogP contribution in [0.3, 0.4) is 0 Å². The fourth-order valence-electron chi connectivity index (χ4n) is 4.83. The van der Waals surface area contributed by atoms with Crippen LogP contribution in [-0.2, 0) is 6.61 Å². The Balaban J connectivity index is 1.49. The van der Waals surface area contributed by atoms with E-state index in [2.05, 4.69) is 20.4 Å². The van der Waals surface area contributed by atoms with Gasteiger partial charge >= 0.3 is 0 Å². The van der Waals surface area contributed by atoms with Crippen LogP contribution >= 0.6 is 11.6 Å². The van der Waals surface area contributed by atoms with Crippen molar-refractivity contribution in [2.75, 3.05) is 0 Å². The predicted octanol–water partition coefficient (Wildman–Crippen LogP) is 4.57. The Kier molecular flexibility index (Phi) is 4.16. The summed E-state index contributed by atoms with van der Waals surface area (Å²) in [4.78, 5) is 0. The van der Waals surface area contributed by atoms with Gasteiger partial charge in [0.2, 0.25) is 5.88 Å². The van der Waals surface area contributed by atoms with Crippen molar-refractivity contribution in [1.29, 1.82) is 0 Å². The van der Waals surface area contributed by atoms with Gasteiger partial charge in [-0.3, -0.25) is 0 Å². The number of aromatic nitrogens is 6. The van der Waals surface area contributed by atoms with Gasteiger partial charge in [-0.25, -0.2) is 0 Å². The van der Waals surface area contributed by atoms with Crippen molar-refractivity contribution in [2.45, 2.75) is 44.1 Å². The number of ether oxygens (including phenoxy) is 1. The van der Waals surface area contributed by atoms with Gasteiger partial charge in [-0.1, -0.05) is 41.9 Å². The lowest BCUT2D eigenvalue weighted by molar-refractivity contribution is 0.264. The van der Waals surface area contributed by atoms with Gasteiger partial charge in [0.1, 0.15) is 12.3 Å². The first-order valence-electron chi connectivity index (χ1n) is 10.2. The predicted molar refractivity (Wildman–Crippen MR) is 112 cm³/mol. The Hall–Kier alpha value is -3.06. The van der Waals surface area contributed by atoms with Crippen LogP contribution in [0.25, 0.3) is 17.0 Å². The first-order valence-corrected chi connectivity index (χ1v) is 10.6. The number of nitrogens with zero attached hydrogens (tertiary/aromatic N) is 6. The third-order valence-electron chi connectivity index (χ3n) is 6.21. The first-order chi connectivity index (χ1) is 14.8. The Morgan fingerprint density at radius 3 is 2.37 bits per heavy atom. The lowest BCUT2D eigenvalue weighted by Gasteiger charge is -2.38. The number of fused-ring (bicyclic) bond motifs is 3. The highest BCUT2D eigenvalue weighted by Gasteiger charge is 2.39. The maximum atomic E-state index is 6.22. The molecule has 7 rings (SSSR count). The van der Waals surface area contributed by atoms with Crippen molar-refractivity contribution in [3.63, 3.8) is 0 Å². The number of halogens is 1. The SMILES string of the molecule is Clc1ccc(COc2nn3c(-c4ccccc4)nnc3c3c2C2CCC3CC2)nn1. The van der Waals surface area contributed by atoms with E-state index in [4.69, 9.17) is 21.4 Å². The minimum atomic E-state index is 0.287. The largest absolute Gasteiger partial charge is 0.470 e. The molecule has 1 saturated carbocycles. The van der Waals surface area contributed by atoms with Crippen molar-refractivity contribution < 1.29 is 4.74 Å². The molecule has 150 valence electrons. The van der Waals surface area contributed by atoms with Crippen molar-refractivity contribution in [3.05, 3.63) is 64.4 Å². The maximum Gasteiger partial charge on any atom is 0.236 e. The second-order valence-electron chi connectivity index (χ2n) is 7.94. The fourth-order valence-corrected chi connectivity index (χ4v) is 4.93. The molecule has 1 fully saturated rings. The third kappa shape index (κ3) is 2.84. The van der Waals surface area contributed by atoms with Crippen LogP contribution in [0.4, 0.5) is 0 Å². The topological polar surface area (TPSA) is 78.1 Å². The molecule has 0 amide bonds. The van der Waals surface area contributed by atoms with Gasteiger partial charge in [0.25, 0.3) is 0 Å². The van der Waals surface area contributed by atoms with E-state index in [0.29, 0.717) is 28.6 Å². The molecule has 0 aliphatic heterocycles. The molecule has 4 aromatic rings. The summed E-state index contributed by atoms with van der Waals surface area (Å²) in [5.74, 6) is 2.33. The van der Waals surface area contributed by atoms with E-state index in [-0.39, 0.29) is 6.61 Å². The quantitative estimate of drug-likeness (QED) is 0.483. The standard InChI is InChI=1S/C22H19ClN6O/c23-17-11-10-16(24-25-17)12-30-22-19-14-8-6-13(7-9-14)18(19)21-27-26-20(29(21)28-22)15-4-2-1-3-5-15/h1-5,10-11,13-14H,6-9,12H2. The van der Waals surface area contributed by atoms with E-state index in [1.165, 1.54) is 36.8 Å². The maximum absolute atomic E-state index is 6.22. The van der Waals surface area contributed by atoms with Crippen LogP contribution in [0.1, 0.15) is 54.3 Å². The van der Waals surface area contributed by atoms with E-state index in [1.807, 2.05) is 40.9 Å². The van der Waals surface area contributed by atoms with Crippen LogP contribution < -0.4 is 4.74 Å². The van der Waals surface area contributed by atoms with Crippen LogP contribution in [0.15, 0.2) is 42.5 Å². The second kappa shape index (κ2) is 7.02. The molecule has 0 saturated heterocycles. The van der Waals surface area contributed by atoms with E-state index >= 15 is 0 Å². The van der Waals surface area contributed by atoms with Crippen molar-refractivity contribution >= 4 is 17.2 Å². The molecule has 0 N–H and O–H groups in total. The number of benzene rings is 1. The van der Waals surface area contributed by atoms with Gasteiger partial charge < -0.3 is 4.74 Å². The lowest BCUT2D eigenvalue weighted by Crippen LogP contribution is -2.25. The highest BCUT2D eigenvalue weighted by atomic mass is 35.5. The van der Waals surface area contributed by atoms with Crippen molar-refractivity contribution in [2.24, 2.45) is 0 Å². The van der Waals surface area contributed by atoms with Crippen LogP contribution in [-0.4, -0.2) is 30.0 Å². The summed E-state index contributed by atoms with van der Waals surface area (Å²) >= 11 is 5.85. The summed E-state index contributed by atoms with van der Waals surface area (Å²) < 4.78 is 8.06. The summed E-state index contributed by atoms with van der Waals surface area (Å²) in [5.41, 5.74) is 5.02. The molecule has 3 aliphatic rings. The molecule has 8 heteroatoms. The average molecular weight is 419 g/mol. The molecule has 0 unspecified atom stereocenters. The minimum absolute atomic E-state index is 0.287. The van der Waals surface area contributed by atoms with Crippen LogP contribution in [0.2, 0.25) is 5.15 Å². The molecular formula is C22H19ClN6O. The zero-order valence-electron chi connectivity index (χ0n) is 16.2. The lowest BCUT2D eigenvalue weighted by atomic mass is 9.67. The average Bonchev–Trinajstić information content (AvgIpc) is 3.24. The number of hydrogen-bond donors (Lipinski definition) is 0. The molecule has 2 bridgehead atoms. The van der Waals surface area contributed by atoms with Gasteiger partial charge in [-0.15, -0.1) is 20.4 Å². The fraction of sp³-hybridized carbons (Fsp3) is 0.318. The Labute approximate surface area is 178 Å². The molecule has 1 aromatic carbocycles. The number of rotatable bonds is 4. The molecule has 3 aromatic heterocycles. The van der Waals surface area contributed by atoms with Gasteiger partial charge in [0.15, 0.2) is 16.6 Å². The van der Waals surface area contributed by atoms with E-state index in [1.54, 1.807) is 6.07 Å². The molecule has 0 spiro atoms. The Morgan fingerprint density at radius 2 is 1.63 bits per heavy atom. The van der Waals surface area contributed by atoms with E-state index in [0.717, 1.165) is 17.0 Å². The molecule has 7 nitrogen and oxygen atoms in total. The summed E-state index contributed by atoms with van der Waals surface area (Å²) in [5, 5.41) is 22.3. The van der Waals surface area contributed by atoms with E-state index < -0.39 is 0 Å². The summed E-state index contributed by atoms with van der Waals surface area (Å²) in [6.45, 7) is 0.287. The van der Waals surface area contributed by atoms with Gasteiger partial charge in [-0.05, 0) is 49.7 Å². The van der Waals surface area contributed by atoms with Gasteiger partial charge in [0, 0.05) is 16.7 Å². The van der Waals surface area contributed by atoms with Crippen LogP contribution in [0, 0.1) is 0 Å². The van der Waals surface area contributed by atoms with E-state index in [9.17, 15) is 0 Å². The normalized spacial score (nSPS) is 19.8. The molecule has 0 radical (unpaired) electrons. The molecule has 30 heavy (non-hydrogen) atoms. The minimum Gasteiger partial charge on any atom is -0.470 e. The van der Waals surface area contributed by atoms with Crippen molar-refractivity contribution in [1.82, 2.24) is 30.0 Å². The molecule has 0 atom stereocenters. The summed E-state index contributed by atoms with van der Waals surface area (Å²) in [6.07, 6.45) is 4.72. The molecule has 3 heterocycles. The Morgan fingerprint density at radius 1 is 0.867 bits per heavy atom. The second-order valence-corrected chi connectivity index (χ2v) is 8.33. The monoisotopic (exact) mass is 418 g/mol. The highest BCUT2D eigenvalue weighted by Crippen LogP contribution is 2.53. The van der Waals surface area contributed by atoms with Crippen molar-refractivity contribution in [3.8, 4) is 17.3 Å². The zero-order valence-corrected chi connectivity index (χ0v) is 17.0. The molecular weight excluding hydrogens is 400 g/mol. The van der Waals surface area contributed by atoms with Gasteiger partial charge in [0.05, 0.1) is 0 Å². The number of hydrogen-bond acceptors (Lipinski definition) is 6. The highest BCUT2D eigenvalue weighted by molar-refractivity contribution is 6.29. The third-order valence-corrected chi connectivity index (χ3v) is 6.41. The summed E-state index contributed by atoms with van der Waals surface area (Å²) in [6, 6.07) is 13.6.